The summed E-state index contributed by atoms with van der Waals surface area (Å²) in [5.74, 6) is 1.33. The van der Waals surface area contributed by atoms with E-state index >= 15 is 0 Å². The van der Waals surface area contributed by atoms with Gasteiger partial charge in [0.15, 0.2) is 5.96 Å². The van der Waals surface area contributed by atoms with Crippen molar-refractivity contribution in [2.75, 3.05) is 32.4 Å². The number of likely N-dealkylation sites (tertiary alicyclic amines) is 1. The van der Waals surface area contributed by atoms with E-state index in [0.29, 0.717) is 18.5 Å². The summed E-state index contributed by atoms with van der Waals surface area (Å²) in [6.07, 6.45) is 6.69. The molecule has 9 heteroatoms. The van der Waals surface area contributed by atoms with Gasteiger partial charge in [-0.05, 0) is 26.2 Å². The molecule has 0 bridgehead atoms. The molecule has 1 fully saturated rings. The topological polar surface area (TPSA) is 91.6 Å². The average molecular weight is 371 g/mol. The first-order valence-corrected chi connectivity index (χ1v) is 10.4. The Kier molecular flexibility index (Phi) is 6.83. The minimum Gasteiger partial charge on any atom is -0.355 e. The minimum atomic E-state index is -3.27. The summed E-state index contributed by atoms with van der Waals surface area (Å²) in [4.78, 5) is 10.7. The van der Waals surface area contributed by atoms with Gasteiger partial charge in [0.1, 0.15) is 0 Å². The highest BCUT2D eigenvalue weighted by Crippen LogP contribution is 2.27. The molecule has 1 aliphatic rings. The first-order chi connectivity index (χ1) is 11.8. The number of nitrogens with zero attached hydrogens (tertiary/aromatic N) is 4. The van der Waals surface area contributed by atoms with Gasteiger partial charge in [-0.25, -0.2) is 18.1 Å². The van der Waals surface area contributed by atoms with Crippen molar-refractivity contribution in [2.24, 2.45) is 10.9 Å². The molecule has 0 aliphatic carbocycles. The number of sulfonamides is 1. The molecular formula is C16H30N6O2S. The van der Waals surface area contributed by atoms with Crippen LogP contribution in [0.15, 0.2) is 23.7 Å². The molecule has 8 nitrogen and oxygen atoms in total. The molecule has 0 saturated carbocycles. The number of imidazole rings is 1. The van der Waals surface area contributed by atoms with Crippen molar-refractivity contribution in [3.05, 3.63) is 18.7 Å². The zero-order chi connectivity index (χ0) is 18.4. The summed E-state index contributed by atoms with van der Waals surface area (Å²) in [6.45, 7) is 7.94. The third-order valence-electron chi connectivity index (χ3n) is 4.41. The van der Waals surface area contributed by atoms with Crippen LogP contribution in [0.5, 0.6) is 0 Å². The monoisotopic (exact) mass is 370 g/mol. The van der Waals surface area contributed by atoms with Crippen LogP contribution < -0.4 is 10.0 Å². The standard InChI is InChI=1S/C16H30N6O2S/c1-13(2)20-25(23,24)10-7-19-16(17-4)21-8-5-14(3)15(11-21)22-9-6-18-12-22/h6,9,12-15,20H,5,7-8,10-11H2,1-4H3,(H,17,19). The Labute approximate surface area is 150 Å². The zero-order valence-electron chi connectivity index (χ0n) is 15.5. The number of aromatic nitrogens is 2. The van der Waals surface area contributed by atoms with Gasteiger partial charge in [0.2, 0.25) is 10.0 Å². The predicted molar refractivity (Wildman–Crippen MR) is 100 cm³/mol. The van der Waals surface area contributed by atoms with Crippen LogP contribution in [0.3, 0.4) is 0 Å². The van der Waals surface area contributed by atoms with E-state index < -0.39 is 10.0 Å². The second-order valence-corrected chi connectivity index (χ2v) is 8.73. The number of rotatable bonds is 6. The zero-order valence-corrected chi connectivity index (χ0v) is 16.3. The van der Waals surface area contributed by atoms with Gasteiger partial charge >= 0.3 is 0 Å². The lowest BCUT2D eigenvalue weighted by atomic mass is 9.93. The van der Waals surface area contributed by atoms with Crippen molar-refractivity contribution in [3.8, 4) is 0 Å². The minimum absolute atomic E-state index is 0.0272. The Morgan fingerprint density at radius 3 is 2.80 bits per heavy atom. The lowest BCUT2D eigenvalue weighted by Crippen LogP contribution is -2.50. The molecule has 2 unspecified atom stereocenters. The molecule has 1 aromatic heterocycles. The van der Waals surface area contributed by atoms with Crippen LogP contribution in [-0.2, 0) is 10.0 Å². The molecule has 1 aromatic rings. The van der Waals surface area contributed by atoms with Gasteiger partial charge < -0.3 is 14.8 Å². The van der Waals surface area contributed by atoms with E-state index in [9.17, 15) is 8.42 Å². The van der Waals surface area contributed by atoms with E-state index in [4.69, 9.17) is 0 Å². The maximum atomic E-state index is 11.9. The molecule has 2 heterocycles. The molecule has 25 heavy (non-hydrogen) atoms. The van der Waals surface area contributed by atoms with E-state index in [2.05, 4.69) is 36.4 Å². The molecule has 0 radical (unpaired) electrons. The van der Waals surface area contributed by atoms with E-state index in [1.54, 1.807) is 13.2 Å². The summed E-state index contributed by atoms with van der Waals surface area (Å²) >= 11 is 0. The molecular weight excluding hydrogens is 340 g/mol. The lowest BCUT2D eigenvalue weighted by molar-refractivity contribution is 0.189. The number of nitrogens with one attached hydrogen (secondary N) is 2. The van der Waals surface area contributed by atoms with E-state index in [0.717, 1.165) is 25.5 Å². The molecule has 0 aromatic carbocycles. The van der Waals surface area contributed by atoms with Crippen LogP contribution in [0, 0.1) is 5.92 Å². The fraction of sp³-hybridized carbons (Fsp3) is 0.750. The second kappa shape index (κ2) is 8.66. The molecule has 0 amide bonds. The van der Waals surface area contributed by atoms with Crippen LogP contribution in [0.2, 0.25) is 0 Å². The number of piperidine rings is 1. The van der Waals surface area contributed by atoms with Gasteiger partial charge in [-0.1, -0.05) is 6.92 Å². The fourth-order valence-electron chi connectivity index (χ4n) is 3.14. The maximum absolute atomic E-state index is 11.9. The van der Waals surface area contributed by atoms with Gasteiger partial charge in [0.25, 0.3) is 0 Å². The predicted octanol–water partition coefficient (Wildman–Crippen LogP) is 0.669. The number of hydrogen-bond donors (Lipinski definition) is 2. The molecule has 142 valence electrons. The Morgan fingerprint density at radius 1 is 1.44 bits per heavy atom. The Hall–Kier alpha value is -1.61. The second-order valence-electron chi connectivity index (χ2n) is 6.85. The molecule has 1 aliphatic heterocycles. The summed E-state index contributed by atoms with van der Waals surface area (Å²) in [5.41, 5.74) is 0. The summed E-state index contributed by atoms with van der Waals surface area (Å²) in [7, 11) is -1.54. The van der Waals surface area contributed by atoms with Crippen LogP contribution in [-0.4, -0.2) is 67.3 Å². The van der Waals surface area contributed by atoms with Crippen LogP contribution >= 0.6 is 0 Å². The SMILES string of the molecule is CN=C(NCCS(=O)(=O)NC(C)C)N1CCC(C)C(n2ccnc2)C1. The first-order valence-electron chi connectivity index (χ1n) is 8.75. The number of guanidine groups is 1. The molecule has 1 saturated heterocycles. The largest absolute Gasteiger partial charge is 0.355 e. The van der Waals surface area contributed by atoms with E-state index in [1.165, 1.54) is 0 Å². The van der Waals surface area contributed by atoms with Crippen LogP contribution in [0.4, 0.5) is 0 Å². The summed E-state index contributed by atoms with van der Waals surface area (Å²) in [6, 6.07) is 0.241. The fourth-order valence-corrected chi connectivity index (χ4v) is 4.35. The van der Waals surface area contributed by atoms with Crippen LogP contribution in [0.25, 0.3) is 0 Å². The highest BCUT2D eigenvalue weighted by Gasteiger charge is 2.28. The molecule has 2 atom stereocenters. The van der Waals surface area contributed by atoms with Gasteiger partial charge in [-0.15, -0.1) is 0 Å². The normalized spacial score (nSPS) is 22.4. The van der Waals surface area contributed by atoms with Crippen molar-refractivity contribution in [2.45, 2.75) is 39.3 Å². The summed E-state index contributed by atoms with van der Waals surface area (Å²) < 4.78 is 28.6. The highest BCUT2D eigenvalue weighted by molar-refractivity contribution is 7.89. The highest BCUT2D eigenvalue weighted by atomic mass is 32.2. The molecule has 2 rings (SSSR count). The third kappa shape index (κ3) is 5.71. The molecule has 2 N–H and O–H groups in total. The number of aliphatic imine (C=N–C) groups is 1. The van der Waals surface area contributed by atoms with Crippen molar-refractivity contribution in [3.63, 3.8) is 0 Å². The van der Waals surface area contributed by atoms with Gasteiger partial charge in [0.05, 0.1) is 18.1 Å². The Balaban J connectivity index is 1.92. The van der Waals surface area contributed by atoms with Gasteiger partial charge in [-0.2, -0.15) is 0 Å². The van der Waals surface area contributed by atoms with Gasteiger partial charge in [-0.3, -0.25) is 4.99 Å². The average Bonchev–Trinajstić information content (AvgIpc) is 3.05. The van der Waals surface area contributed by atoms with E-state index in [-0.39, 0.29) is 11.8 Å². The van der Waals surface area contributed by atoms with Crippen LogP contribution in [0.1, 0.15) is 33.2 Å². The quantitative estimate of drug-likeness (QED) is 0.567. The first kappa shape index (κ1) is 19.7. The van der Waals surface area contributed by atoms with Crippen molar-refractivity contribution < 1.29 is 8.42 Å². The number of hydrogen-bond acceptors (Lipinski definition) is 4. The molecule has 0 spiro atoms. The van der Waals surface area contributed by atoms with Crippen molar-refractivity contribution in [1.29, 1.82) is 0 Å². The van der Waals surface area contributed by atoms with Crippen molar-refractivity contribution >= 4 is 16.0 Å². The van der Waals surface area contributed by atoms with E-state index in [1.807, 2.05) is 26.4 Å². The van der Waals surface area contributed by atoms with Gasteiger partial charge in [0, 0.05) is 45.1 Å². The smallest absolute Gasteiger partial charge is 0.213 e. The Morgan fingerprint density at radius 2 is 2.20 bits per heavy atom. The van der Waals surface area contributed by atoms with Crippen molar-refractivity contribution in [1.82, 2.24) is 24.5 Å². The lowest BCUT2D eigenvalue weighted by Gasteiger charge is -2.39. The summed E-state index contributed by atoms with van der Waals surface area (Å²) in [5, 5.41) is 3.18. The Bertz CT molecular complexity index is 656. The maximum Gasteiger partial charge on any atom is 0.213 e. The third-order valence-corrected chi connectivity index (χ3v) is 5.98.